The van der Waals surface area contributed by atoms with Gasteiger partial charge in [-0.2, -0.15) is 0 Å². The maximum Gasteiger partial charge on any atom is 0.0244 e. The molecule has 1 aromatic carbocycles. The summed E-state index contributed by atoms with van der Waals surface area (Å²) in [4.78, 5) is 2.70. The lowest BCUT2D eigenvalue weighted by atomic mass is 9.84. The minimum Gasteiger partial charge on any atom is -0.311 e. The molecular weight excluding hydrogens is 256 g/mol. The molecular formula is C19H32N2. The molecule has 0 amide bonds. The van der Waals surface area contributed by atoms with Gasteiger partial charge in [0.25, 0.3) is 0 Å². The molecule has 0 aliphatic carbocycles. The van der Waals surface area contributed by atoms with Crippen molar-refractivity contribution in [1.82, 2.24) is 10.2 Å². The van der Waals surface area contributed by atoms with E-state index in [9.17, 15) is 0 Å². The number of benzene rings is 1. The van der Waals surface area contributed by atoms with Gasteiger partial charge in [-0.1, -0.05) is 63.9 Å². The van der Waals surface area contributed by atoms with E-state index in [2.05, 4.69) is 69.1 Å². The van der Waals surface area contributed by atoms with Crippen molar-refractivity contribution in [3.05, 3.63) is 35.4 Å². The normalized spacial score (nSPS) is 24.2. The van der Waals surface area contributed by atoms with E-state index < -0.39 is 0 Å². The standard InChI is InChI=1S/C19H32N2/c1-6-7-17-12-20-18(19(3,4)5)14-21(17)13-16-10-8-15(2)9-11-16/h8-11,17-18,20H,6-7,12-14H2,1-5H3. The van der Waals surface area contributed by atoms with Crippen molar-refractivity contribution in [3.63, 3.8) is 0 Å². The lowest BCUT2D eigenvalue weighted by Crippen LogP contribution is -2.59. The summed E-state index contributed by atoms with van der Waals surface area (Å²) in [6.07, 6.45) is 2.55. The highest BCUT2D eigenvalue weighted by atomic mass is 15.2. The summed E-state index contributed by atoms with van der Waals surface area (Å²) in [5, 5.41) is 3.78. The number of nitrogens with zero attached hydrogens (tertiary/aromatic N) is 1. The number of aryl methyl sites for hydroxylation is 1. The van der Waals surface area contributed by atoms with Gasteiger partial charge in [0, 0.05) is 31.7 Å². The van der Waals surface area contributed by atoms with Crippen LogP contribution in [0.3, 0.4) is 0 Å². The molecule has 1 saturated heterocycles. The molecule has 1 aromatic rings. The molecule has 1 heterocycles. The van der Waals surface area contributed by atoms with Crippen LogP contribution < -0.4 is 5.32 Å². The maximum absolute atomic E-state index is 3.78. The SMILES string of the molecule is CCCC1CNC(C(C)(C)C)CN1Cc1ccc(C)cc1. The van der Waals surface area contributed by atoms with Crippen LogP contribution in [0.1, 0.15) is 51.7 Å². The summed E-state index contributed by atoms with van der Waals surface area (Å²) in [6, 6.07) is 10.3. The molecule has 0 saturated carbocycles. The zero-order valence-corrected chi connectivity index (χ0v) is 14.4. The zero-order valence-electron chi connectivity index (χ0n) is 14.4. The van der Waals surface area contributed by atoms with Gasteiger partial charge in [-0.05, 0) is 24.3 Å². The van der Waals surface area contributed by atoms with E-state index >= 15 is 0 Å². The molecule has 1 N–H and O–H groups in total. The van der Waals surface area contributed by atoms with Gasteiger partial charge in [0.1, 0.15) is 0 Å². The third-order valence-electron chi connectivity index (χ3n) is 4.71. The van der Waals surface area contributed by atoms with Crippen molar-refractivity contribution in [3.8, 4) is 0 Å². The van der Waals surface area contributed by atoms with Gasteiger partial charge in [-0.3, -0.25) is 4.90 Å². The fraction of sp³-hybridized carbons (Fsp3) is 0.684. The van der Waals surface area contributed by atoms with Crippen molar-refractivity contribution >= 4 is 0 Å². The highest BCUT2D eigenvalue weighted by molar-refractivity contribution is 5.21. The van der Waals surface area contributed by atoms with Crippen LogP contribution >= 0.6 is 0 Å². The van der Waals surface area contributed by atoms with Crippen LogP contribution in [0.15, 0.2) is 24.3 Å². The summed E-state index contributed by atoms with van der Waals surface area (Å²) >= 11 is 0. The van der Waals surface area contributed by atoms with Crippen LogP contribution in [0.25, 0.3) is 0 Å². The van der Waals surface area contributed by atoms with Crippen molar-refractivity contribution in [2.45, 2.75) is 66.1 Å². The van der Waals surface area contributed by atoms with Gasteiger partial charge in [-0.25, -0.2) is 0 Å². The molecule has 21 heavy (non-hydrogen) atoms. The lowest BCUT2D eigenvalue weighted by molar-refractivity contribution is 0.0748. The van der Waals surface area contributed by atoms with E-state index in [0.717, 1.165) is 19.6 Å². The molecule has 2 rings (SSSR count). The second-order valence-corrected chi connectivity index (χ2v) is 7.68. The largest absolute Gasteiger partial charge is 0.311 e. The average Bonchev–Trinajstić information content (AvgIpc) is 2.42. The maximum atomic E-state index is 3.78. The van der Waals surface area contributed by atoms with Crippen LogP contribution in [0.2, 0.25) is 0 Å². The smallest absolute Gasteiger partial charge is 0.0244 e. The zero-order chi connectivity index (χ0) is 15.5. The molecule has 0 spiro atoms. The first-order valence-electron chi connectivity index (χ1n) is 8.43. The number of hydrogen-bond acceptors (Lipinski definition) is 2. The van der Waals surface area contributed by atoms with Gasteiger partial charge in [0.2, 0.25) is 0 Å². The van der Waals surface area contributed by atoms with Crippen LogP contribution in [-0.4, -0.2) is 30.1 Å². The Kier molecular flexibility index (Phi) is 5.45. The third kappa shape index (κ3) is 4.55. The van der Waals surface area contributed by atoms with Gasteiger partial charge < -0.3 is 5.32 Å². The van der Waals surface area contributed by atoms with Crippen molar-refractivity contribution in [1.29, 1.82) is 0 Å². The highest BCUT2D eigenvalue weighted by Crippen LogP contribution is 2.25. The lowest BCUT2D eigenvalue weighted by Gasteiger charge is -2.45. The number of nitrogens with one attached hydrogen (secondary N) is 1. The molecule has 0 radical (unpaired) electrons. The Morgan fingerprint density at radius 1 is 1.19 bits per heavy atom. The Morgan fingerprint density at radius 3 is 2.43 bits per heavy atom. The van der Waals surface area contributed by atoms with E-state index in [-0.39, 0.29) is 0 Å². The fourth-order valence-corrected chi connectivity index (χ4v) is 3.18. The average molecular weight is 288 g/mol. The first-order chi connectivity index (χ1) is 9.90. The summed E-state index contributed by atoms with van der Waals surface area (Å²) in [5.41, 5.74) is 3.11. The Balaban J connectivity index is 2.08. The first-order valence-corrected chi connectivity index (χ1v) is 8.43. The Morgan fingerprint density at radius 2 is 1.86 bits per heavy atom. The molecule has 2 atom stereocenters. The van der Waals surface area contributed by atoms with E-state index in [4.69, 9.17) is 0 Å². The van der Waals surface area contributed by atoms with Gasteiger partial charge in [0.15, 0.2) is 0 Å². The van der Waals surface area contributed by atoms with Crippen molar-refractivity contribution in [2.24, 2.45) is 5.41 Å². The Labute approximate surface area is 130 Å². The molecule has 0 aromatic heterocycles. The van der Waals surface area contributed by atoms with Gasteiger partial charge in [0.05, 0.1) is 0 Å². The minimum absolute atomic E-state index is 0.322. The van der Waals surface area contributed by atoms with Crippen LogP contribution in [0.4, 0.5) is 0 Å². The molecule has 1 fully saturated rings. The third-order valence-corrected chi connectivity index (χ3v) is 4.71. The second kappa shape index (κ2) is 6.93. The van der Waals surface area contributed by atoms with E-state index in [1.807, 2.05) is 0 Å². The number of hydrogen-bond donors (Lipinski definition) is 1. The predicted molar refractivity (Wildman–Crippen MR) is 91.5 cm³/mol. The summed E-state index contributed by atoms with van der Waals surface area (Å²) in [6.45, 7) is 14.8. The van der Waals surface area contributed by atoms with Crippen LogP contribution in [0.5, 0.6) is 0 Å². The van der Waals surface area contributed by atoms with Gasteiger partial charge in [-0.15, -0.1) is 0 Å². The summed E-state index contributed by atoms with van der Waals surface area (Å²) < 4.78 is 0. The molecule has 2 unspecified atom stereocenters. The fourth-order valence-electron chi connectivity index (χ4n) is 3.18. The quantitative estimate of drug-likeness (QED) is 0.901. The number of rotatable bonds is 4. The Bertz CT molecular complexity index is 430. The molecule has 0 bridgehead atoms. The van der Waals surface area contributed by atoms with Crippen molar-refractivity contribution in [2.75, 3.05) is 13.1 Å². The molecule has 1 aliphatic heterocycles. The minimum atomic E-state index is 0.322. The monoisotopic (exact) mass is 288 g/mol. The van der Waals surface area contributed by atoms with Crippen molar-refractivity contribution < 1.29 is 0 Å². The number of piperazine rings is 1. The molecule has 2 heteroatoms. The van der Waals surface area contributed by atoms with Gasteiger partial charge >= 0.3 is 0 Å². The summed E-state index contributed by atoms with van der Waals surface area (Å²) in [5.74, 6) is 0. The summed E-state index contributed by atoms with van der Waals surface area (Å²) in [7, 11) is 0. The topological polar surface area (TPSA) is 15.3 Å². The predicted octanol–water partition coefficient (Wildman–Crippen LogP) is 3.98. The van der Waals surface area contributed by atoms with Crippen LogP contribution in [0, 0.1) is 12.3 Å². The molecule has 2 nitrogen and oxygen atoms in total. The molecule has 118 valence electrons. The second-order valence-electron chi connectivity index (χ2n) is 7.68. The highest BCUT2D eigenvalue weighted by Gasteiger charge is 2.33. The van der Waals surface area contributed by atoms with E-state index in [1.54, 1.807) is 0 Å². The molecule has 1 aliphatic rings. The van der Waals surface area contributed by atoms with E-state index in [0.29, 0.717) is 17.5 Å². The van der Waals surface area contributed by atoms with Crippen LogP contribution in [-0.2, 0) is 6.54 Å². The van der Waals surface area contributed by atoms with E-state index in [1.165, 1.54) is 24.0 Å². The Hall–Kier alpha value is -0.860. The first kappa shape index (κ1) is 16.5.